The Balaban J connectivity index is 1.86. The third-order valence-electron chi connectivity index (χ3n) is 3.86. The van der Waals surface area contributed by atoms with Crippen molar-refractivity contribution < 1.29 is 19.1 Å². The fourth-order valence-electron chi connectivity index (χ4n) is 2.74. The highest BCUT2D eigenvalue weighted by Crippen LogP contribution is 2.21. The van der Waals surface area contributed by atoms with Crippen molar-refractivity contribution in [3.63, 3.8) is 0 Å². The number of piperazine rings is 1. The van der Waals surface area contributed by atoms with E-state index in [4.69, 9.17) is 10.6 Å². The summed E-state index contributed by atoms with van der Waals surface area (Å²) in [6.07, 6.45) is 1.30. The van der Waals surface area contributed by atoms with E-state index in [2.05, 4.69) is 5.43 Å². The molecule has 0 aromatic carbocycles. The Bertz CT molecular complexity index is 428. The molecule has 0 aliphatic carbocycles. The van der Waals surface area contributed by atoms with Gasteiger partial charge >= 0.3 is 11.8 Å². The van der Waals surface area contributed by atoms with Crippen molar-refractivity contribution in [2.75, 3.05) is 26.2 Å². The van der Waals surface area contributed by atoms with Gasteiger partial charge in [0.2, 0.25) is 0 Å². The molecule has 2 heterocycles. The molecule has 0 saturated carbocycles. The smallest absolute Gasteiger partial charge is 0.312 e. The molecule has 2 atom stereocenters. The molecular weight excluding hydrogens is 276 g/mol. The van der Waals surface area contributed by atoms with Gasteiger partial charge in [0.15, 0.2) is 0 Å². The zero-order valence-corrected chi connectivity index (χ0v) is 12.2. The Morgan fingerprint density at radius 1 is 1.29 bits per heavy atom. The molecule has 3 amide bonds. The van der Waals surface area contributed by atoms with Gasteiger partial charge in [-0.25, -0.2) is 5.84 Å². The van der Waals surface area contributed by atoms with E-state index in [-0.39, 0.29) is 12.0 Å². The molecular formula is C13H22N4O4. The Morgan fingerprint density at radius 3 is 2.62 bits per heavy atom. The second-order valence-corrected chi connectivity index (χ2v) is 5.38. The molecule has 0 radical (unpaired) electrons. The number of nitrogens with two attached hydrogens (primary N) is 1. The van der Waals surface area contributed by atoms with Crippen LogP contribution in [0.15, 0.2) is 0 Å². The summed E-state index contributed by atoms with van der Waals surface area (Å²) in [7, 11) is 0. The number of hydrogen-bond donors (Lipinski definition) is 2. The van der Waals surface area contributed by atoms with E-state index in [1.165, 1.54) is 4.90 Å². The van der Waals surface area contributed by atoms with Crippen LogP contribution >= 0.6 is 0 Å². The molecule has 2 aliphatic rings. The predicted molar refractivity (Wildman–Crippen MR) is 73.7 cm³/mol. The molecule has 2 rings (SSSR count). The Hall–Kier alpha value is -1.67. The maximum Gasteiger partial charge on any atom is 0.312 e. The maximum absolute atomic E-state index is 12.0. The Morgan fingerprint density at radius 2 is 1.95 bits per heavy atom. The number of amides is 3. The van der Waals surface area contributed by atoms with Crippen LogP contribution in [0.25, 0.3) is 0 Å². The fraction of sp³-hybridized carbons (Fsp3) is 0.769. The van der Waals surface area contributed by atoms with Gasteiger partial charge < -0.3 is 14.5 Å². The lowest BCUT2D eigenvalue weighted by molar-refractivity contribution is -0.157. The van der Waals surface area contributed by atoms with Crippen molar-refractivity contribution in [3.05, 3.63) is 0 Å². The van der Waals surface area contributed by atoms with Crippen molar-refractivity contribution in [2.45, 2.75) is 38.4 Å². The summed E-state index contributed by atoms with van der Waals surface area (Å²) in [5, 5.41) is 0. The van der Waals surface area contributed by atoms with Gasteiger partial charge in [-0.1, -0.05) is 6.92 Å². The lowest BCUT2D eigenvalue weighted by Gasteiger charge is -2.34. The van der Waals surface area contributed by atoms with E-state index in [1.54, 1.807) is 4.90 Å². The zero-order chi connectivity index (χ0) is 15.4. The summed E-state index contributed by atoms with van der Waals surface area (Å²) < 4.78 is 5.56. The Labute approximate surface area is 123 Å². The number of nitrogens with one attached hydrogen (secondary N) is 1. The van der Waals surface area contributed by atoms with Crippen molar-refractivity contribution in [2.24, 2.45) is 5.84 Å². The standard InChI is InChI=1S/C13H22N4O4/c1-2-5-16-6-7-17(13(20)12(16)19)8-9-3-4-10(21-9)11(18)15-14/h9-10H,2-8,14H2,1H3,(H,15,18). The van der Waals surface area contributed by atoms with E-state index >= 15 is 0 Å². The molecule has 8 nitrogen and oxygen atoms in total. The molecule has 2 unspecified atom stereocenters. The number of rotatable bonds is 5. The van der Waals surface area contributed by atoms with E-state index in [0.29, 0.717) is 39.0 Å². The van der Waals surface area contributed by atoms with Crippen LogP contribution in [0.2, 0.25) is 0 Å². The molecule has 0 aromatic rings. The van der Waals surface area contributed by atoms with Crippen molar-refractivity contribution in [1.82, 2.24) is 15.2 Å². The largest absolute Gasteiger partial charge is 0.363 e. The highest BCUT2D eigenvalue weighted by atomic mass is 16.5. The monoisotopic (exact) mass is 298 g/mol. The molecule has 2 fully saturated rings. The van der Waals surface area contributed by atoms with E-state index < -0.39 is 17.9 Å². The third-order valence-corrected chi connectivity index (χ3v) is 3.86. The molecule has 3 N–H and O–H groups in total. The molecule has 2 aliphatic heterocycles. The van der Waals surface area contributed by atoms with E-state index in [9.17, 15) is 14.4 Å². The molecule has 0 bridgehead atoms. The number of nitrogens with zero attached hydrogens (tertiary/aromatic N) is 2. The third kappa shape index (κ3) is 3.51. The molecule has 118 valence electrons. The van der Waals surface area contributed by atoms with Gasteiger partial charge in [0.1, 0.15) is 6.10 Å². The van der Waals surface area contributed by atoms with Gasteiger partial charge in [0.05, 0.1) is 6.10 Å². The van der Waals surface area contributed by atoms with Crippen molar-refractivity contribution in [3.8, 4) is 0 Å². The average molecular weight is 298 g/mol. The predicted octanol–water partition coefficient (Wildman–Crippen LogP) is -1.40. The van der Waals surface area contributed by atoms with Crippen molar-refractivity contribution in [1.29, 1.82) is 0 Å². The maximum atomic E-state index is 12.0. The van der Waals surface area contributed by atoms with Crippen LogP contribution in [0.4, 0.5) is 0 Å². The minimum absolute atomic E-state index is 0.221. The van der Waals surface area contributed by atoms with Gasteiger partial charge in [-0.05, 0) is 19.3 Å². The molecule has 0 aromatic heterocycles. The molecule has 0 spiro atoms. The summed E-state index contributed by atoms with van der Waals surface area (Å²) >= 11 is 0. The van der Waals surface area contributed by atoms with Crippen molar-refractivity contribution >= 4 is 17.7 Å². The van der Waals surface area contributed by atoms with Crippen LogP contribution in [-0.2, 0) is 19.1 Å². The van der Waals surface area contributed by atoms with Crippen LogP contribution in [0.1, 0.15) is 26.2 Å². The Kier molecular flexibility index (Phi) is 5.13. The summed E-state index contributed by atoms with van der Waals surface area (Å²) in [5.41, 5.74) is 2.06. The number of ether oxygens (including phenoxy) is 1. The summed E-state index contributed by atoms with van der Waals surface area (Å²) in [6, 6.07) is 0. The quantitative estimate of drug-likeness (QED) is 0.281. The highest BCUT2D eigenvalue weighted by molar-refractivity contribution is 6.35. The van der Waals surface area contributed by atoms with Crippen LogP contribution in [-0.4, -0.2) is 65.9 Å². The van der Waals surface area contributed by atoms with Gasteiger partial charge in [0, 0.05) is 26.2 Å². The van der Waals surface area contributed by atoms with Gasteiger partial charge in [-0.3, -0.25) is 19.8 Å². The fourth-order valence-corrected chi connectivity index (χ4v) is 2.74. The SMILES string of the molecule is CCCN1CCN(CC2CCC(C(=O)NN)O2)C(=O)C1=O. The van der Waals surface area contributed by atoms with Crippen LogP contribution < -0.4 is 11.3 Å². The van der Waals surface area contributed by atoms with Crippen LogP contribution in [0.5, 0.6) is 0 Å². The van der Waals surface area contributed by atoms with E-state index in [0.717, 1.165) is 6.42 Å². The topological polar surface area (TPSA) is 105 Å². The average Bonchev–Trinajstić information content (AvgIpc) is 2.95. The lowest BCUT2D eigenvalue weighted by atomic mass is 10.1. The second-order valence-electron chi connectivity index (χ2n) is 5.38. The number of carbonyl (C=O) groups excluding carboxylic acids is 3. The minimum Gasteiger partial charge on any atom is -0.363 e. The molecule has 21 heavy (non-hydrogen) atoms. The van der Waals surface area contributed by atoms with Crippen LogP contribution in [0.3, 0.4) is 0 Å². The van der Waals surface area contributed by atoms with E-state index in [1.807, 2.05) is 6.92 Å². The summed E-state index contributed by atoms with van der Waals surface area (Å²) in [6.45, 7) is 3.99. The first kappa shape index (κ1) is 15.7. The lowest BCUT2D eigenvalue weighted by Crippen LogP contribution is -2.55. The molecule has 2 saturated heterocycles. The first-order valence-corrected chi connectivity index (χ1v) is 7.31. The normalized spacial score (nSPS) is 26.4. The minimum atomic E-state index is -0.563. The number of hydrogen-bond acceptors (Lipinski definition) is 5. The molecule has 8 heteroatoms. The first-order chi connectivity index (χ1) is 10.1. The van der Waals surface area contributed by atoms with Crippen LogP contribution in [0, 0.1) is 0 Å². The summed E-state index contributed by atoms with van der Waals surface area (Å²) in [4.78, 5) is 38.5. The first-order valence-electron chi connectivity index (χ1n) is 7.31. The summed E-state index contributed by atoms with van der Waals surface area (Å²) in [5.74, 6) is 3.79. The number of hydrazine groups is 1. The second kappa shape index (κ2) is 6.86. The highest BCUT2D eigenvalue weighted by Gasteiger charge is 2.36. The zero-order valence-electron chi connectivity index (χ0n) is 12.2. The number of carbonyl (C=O) groups is 3. The van der Waals surface area contributed by atoms with Gasteiger partial charge in [-0.2, -0.15) is 0 Å². The van der Waals surface area contributed by atoms with Gasteiger partial charge in [0.25, 0.3) is 5.91 Å². The van der Waals surface area contributed by atoms with Gasteiger partial charge in [-0.15, -0.1) is 0 Å².